The topological polar surface area (TPSA) is 47.0 Å². The summed E-state index contributed by atoms with van der Waals surface area (Å²) >= 11 is 0. The van der Waals surface area contributed by atoms with Crippen molar-refractivity contribution in [1.82, 2.24) is 9.97 Å². The molecule has 1 aromatic heterocycles. The number of benzene rings is 1. The lowest BCUT2D eigenvalue weighted by molar-refractivity contribution is -0.274. The van der Waals surface area contributed by atoms with Crippen molar-refractivity contribution in [2.45, 2.75) is 20.2 Å². The Morgan fingerprint density at radius 2 is 1.76 bits per heavy atom. The molecule has 0 amide bonds. The highest BCUT2D eigenvalue weighted by Gasteiger charge is 2.31. The molecule has 0 radical (unpaired) electrons. The van der Waals surface area contributed by atoms with Crippen molar-refractivity contribution in [2.24, 2.45) is 0 Å². The van der Waals surface area contributed by atoms with Gasteiger partial charge in [-0.15, -0.1) is 13.2 Å². The molecule has 0 saturated carbocycles. The minimum Gasteiger partial charge on any atom is -0.406 e. The molecule has 1 aromatic carbocycles. The predicted molar refractivity (Wildman–Crippen MR) is 73.2 cm³/mol. The van der Waals surface area contributed by atoms with Crippen LogP contribution in [0.15, 0.2) is 24.3 Å². The second-order valence-electron chi connectivity index (χ2n) is 4.42. The molecule has 21 heavy (non-hydrogen) atoms. The lowest BCUT2D eigenvalue weighted by Crippen LogP contribution is -2.17. The predicted octanol–water partition coefficient (Wildman–Crippen LogP) is 3.70. The summed E-state index contributed by atoms with van der Waals surface area (Å²) in [7, 11) is 1.68. The fourth-order valence-corrected chi connectivity index (χ4v) is 1.82. The van der Waals surface area contributed by atoms with Gasteiger partial charge in [0.15, 0.2) is 5.82 Å². The zero-order valence-electron chi connectivity index (χ0n) is 11.7. The average molecular weight is 297 g/mol. The molecule has 0 bridgehead atoms. The van der Waals surface area contributed by atoms with E-state index in [0.717, 1.165) is 5.69 Å². The molecule has 0 aliphatic rings. The molecule has 7 heteroatoms. The first-order valence-electron chi connectivity index (χ1n) is 6.19. The van der Waals surface area contributed by atoms with E-state index in [1.165, 1.54) is 18.2 Å². The van der Waals surface area contributed by atoms with Gasteiger partial charge in [0.2, 0.25) is 0 Å². The number of nitrogens with one attached hydrogen (secondary N) is 1. The van der Waals surface area contributed by atoms with E-state index in [0.29, 0.717) is 22.8 Å². The molecule has 112 valence electrons. The van der Waals surface area contributed by atoms with Gasteiger partial charge >= 0.3 is 6.36 Å². The second kappa shape index (κ2) is 5.59. The molecule has 0 aliphatic carbocycles. The standard InChI is InChI=1S/C14H14F3N3O/c1-8-9(2)20-13(18-3)12(19-8)10-5-4-6-11(7-10)21-14(15,16)17/h4-7H,1-3H3,(H,18,20). The number of ether oxygens (including phenoxy) is 1. The third-order valence-electron chi connectivity index (χ3n) is 2.88. The summed E-state index contributed by atoms with van der Waals surface area (Å²) in [5.41, 5.74) is 2.45. The van der Waals surface area contributed by atoms with Gasteiger partial charge in [-0.2, -0.15) is 0 Å². The minimum absolute atomic E-state index is 0.290. The quantitative estimate of drug-likeness (QED) is 0.938. The van der Waals surface area contributed by atoms with Crippen molar-refractivity contribution in [3.63, 3.8) is 0 Å². The Hall–Kier alpha value is -2.31. The molecule has 1 heterocycles. The van der Waals surface area contributed by atoms with Gasteiger partial charge in [0.25, 0.3) is 0 Å². The van der Waals surface area contributed by atoms with Gasteiger partial charge in [-0.25, -0.2) is 9.97 Å². The first-order chi connectivity index (χ1) is 9.80. The van der Waals surface area contributed by atoms with Crippen LogP contribution in [0.25, 0.3) is 11.3 Å². The van der Waals surface area contributed by atoms with Crippen LogP contribution in [0.2, 0.25) is 0 Å². The number of rotatable bonds is 3. The minimum atomic E-state index is -4.72. The Morgan fingerprint density at radius 3 is 2.38 bits per heavy atom. The van der Waals surface area contributed by atoms with Crippen LogP contribution in [0.5, 0.6) is 5.75 Å². The molecular weight excluding hydrogens is 283 g/mol. The van der Waals surface area contributed by atoms with E-state index in [1.54, 1.807) is 20.0 Å². The lowest BCUT2D eigenvalue weighted by atomic mass is 10.1. The Kier molecular flexibility index (Phi) is 4.02. The van der Waals surface area contributed by atoms with Gasteiger partial charge in [0.1, 0.15) is 11.4 Å². The molecule has 0 fully saturated rings. The van der Waals surface area contributed by atoms with Crippen molar-refractivity contribution < 1.29 is 17.9 Å². The summed E-state index contributed by atoms with van der Waals surface area (Å²) in [4.78, 5) is 8.72. The van der Waals surface area contributed by atoms with Crippen molar-refractivity contribution in [1.29, 1.82) is 0 Å². The normalized spacial score (nSPS) is 11.3. The van der Waals surface area contributed by atoms with Crippen molar-refractivity contribution in [2.75, 3.05) is 12.4 Å². The summed E-state index contributed by atoms with van der Waals surface area (Å²) in [6.07, 6.45) is -4.72. The van der Waals surface area contributed by atoms with Crippen LogP contribution in [0, 0.1) is 13.8 Å². The molecule has 0 atom stereocenters. The monoisotopic (exact) mass is 297 g/mol. The highest BCUT2D eigenvalue weighted by atomic mass is 19.4. The first-order valence-corrected chi connectivity index (χ1v) is 6.19. The summed E-state index contributed by atoms with van der Waals surface area (Å²) in [5.74, 6) is 0.212. The molecule has 0 spiro atoms. The van der Waals surface area contributed by atoms with Gasteiger partial charge in [0.05, 0.1) is 11.4 Å². The van der Waals surface area contributed by atoms with Gasteiger partial charge in [0, 0.05) is 12.6 Å². The maximum absolute atomic E-state index is 12.3. The van der Waals surface area contributed by atoms with Gasteiger partial charge in [-0.3, -0.25) is 0 Å². The zero-order valence-corrected chi connectivity index (χ0v) is 11.7. The van der Waals surface area contributed by atoms with E-state index in [2.05, 4.69) is 20.0 Å². The van der Waals surface area contributed by atoms with Crippen molar-refractivity contribution in [3.8, 4) is 17.0 Å². The Bertz CT molecular complexity index is 656. The van der Waals surface area contributed by atoms with E-state index in [-0.39, 0.29) is 5.75 Å². The van der Waals surface area contributed by atoms with E-state index in [9.17, 15) is 13.2 Å². The zero-order chi connectivity index (χ0) is 15.6. The van der Waals surface area contributed by atoms with Crippen molar-refractivity contribution >= 4 is 5.82 Å². The number of aryl methyl sites for hydroxylation is 2. The SMILES string of the molecule is CNc1nc(C)c(C)nc1-c1cccc(OC(F)(F)F)c1. The lowest BCUT2D eigenvalue weighted by Gasteiger charge is -2.13. The largest absolute Gasteiger partial charge is 0.573 e. The number of halogens is 3. The number of aromatic nitrogens is 2. The van der Waals surface area contributed by atoms with Gasteiger partial charge < -0.3 is 10.1 Å². The number of hydrogen-bond donors (Lipinski definition) is 1. The maximum Gasteiger partial charge on any atom is 0.573 e. The molecule has 0 aliphatic heterocycles. The van der Waals surface area contributed by atoms with E-state index >= 15 is 0 Å². The number of nitrogens with zero attached hydrogens (tertiary/aromatic N) is 2. The fraction of sp³-hybridized carbons (Fsp3) is 0.286. The summed E-state index contributed by atoms with van der Waals surface area (Å²) < 4.78 is 40.7. The first kappa shape index (κ1) is 15.1. The molecule has 2 rings (SSSR count). The average Bonchev–Trinajstić information content (AvgIpc) is 2.39. The van der Waals surface area contributed by atoms with Gasteiger partial charge in [-0.1, -0.05) is 12.1 Å². The van der Waals surface area contributed by atoms with Crippen molar-refractivity contribution in [3.05, 3.63) is 35.7 Å². The van der Waals surface area contributed by atoms with Crippen LogP contribution in [-0.2, 0) is 0 Å². The van der Waals surface area contributed by atoms with Gasteiger partial charge in [-0.05, 0) is 26.0 Å². The smallest absolute Gasteiger partial charge is 0.406 e. The highest BCUT2D eigenvalue weighted by molar-refractivity contribution is 5.72. The molecule has 0 unspecified atom stereocenters. The number of anilines is 1. The molecule has 1 N–H and O–H groups in total. The maximum atomic E-state index is 12.3. The van der Waals surface area contributed by atoms with Crippen LogP contribution >= 0.6 is 0 Å². The van der Waals surface area contributed by atoms with Crippen LogP contribution < -0.4 is 10.1 Å². The number of hydrogen-bond acceptors (Lipinski definition) is 4. The van der Waals surface area contributed by atoms with E-state index < -0.39 is 6.36 Å². The van der Waals surface area contributed by atoms with Crippen LogP contribution in [0.4, 0.5) is 19.0 Å². The van der Waals surface area contributed by atoms with Crippen LogP contribution in [-0.4, -0.2) is 23.4 Å². The Balaban J connectivity index is 2.47. The number of alkyl halides is 3. The summed E-state index contributed by atoms with van der Waals surface area (Å²) in [6, 6.07) is 5.66. The van der Waals surface area contributed by atoms with Crippen LogP contribution in [0.3, 0.4) is 0 Å². The van der Waals surface area contributed by atoms with Crippen LogP contribution in [0.1, 0.15) is 11.4 Å². The van der Waals surface area contributed by atoms with E-state index in [1.807, 2.05) is 6.92 Å². The molecular formula is C14H14F3N3O. The molecule has 4 nitrogen and oxygen atoms in total. The molecule has 0 saturated heterocycles. The highest BCUT2D eigenvalue weighted by Crippen LogP contribution is 2.30. The molecule has 2 aromatic rings. The third kappa shape index (κ3) is 3.62. The van der Waals surface area contributed by atoms with E-state index in [4.69, 9.17) is 0 Å². The fourth-order valence-electron chi connectivity index (χ4n) is 1.82. The summed E-state index contributed by atoms with van der Waals surface area (Å²) in [5, 5.41) is 2.89. The Morgan fingerprint density at radius 1 is 1.10 bits per heavy atom. The second-order valence-corrected chi connectivity index (χ2v) is 4.42. The third-order valence-corrected chi connectivity index (χ3v) is 2.88. The Labute approximate surface area is 120 Å². The summed E-state index contributed by atoms with van der Waals surface area (Å²) in [6.45, 7) is 3.61.